The Balaban J connectivity index is 0.00000225. The number of hydrogen-bond acceptors (Lipinski definition) is 2. The van der Waals surface area contributed by atoms with Gasteiger partial charge in [0.2, 0.25) is 0 Å². The van der Waals surface area contributed by atoms with Crippen LogP contribution in [0.25, 0.3) is 0 Å². The van der Waals surface area contributed by atoms with Crippen LogP contribution in [0, 0.1) is 5.92 Å². The number of carboxylic acid groups (broad SMARTS) is 1. The molecule has 0 saturated heterocycles. The van der Waals surface area contributed by atoms with E-state index in [1.807, 2.05) is 12.1 Å². The Morgan fingerprint density at radius 2 is 1.94 bits per heavy atom. The molecule has 0 heterocycles. The van der Waals surface area contributed by atoms with Gasteiger partial charge in [-0.2, -0.15) is 0 Å². The molecule has 0 bridgehead atoms. The van der Waals surface area contributed by atoms with Crippen molar-refractivity contribution < 1.29 is 9.90 Å². The van der Waals surface area contributed by atoms with E-state index in [1.165, 1.54) is 0 Å². The summed E-state index contributed by atoms with van der Waals surface area (Å²) in [4.78, 5) is 10.9. The zero-order chi connectivity index (χ0) is 11.4. The third kappa shape index (κ3) is 3.67. The van der Waals surface area contributed by atoms with Crippen molar-refractivity contribution >= 4 is 30.0 Å². The standard InChI is InChI=1S/C11H14ClNO2.ClH/c1-7(11(14)15)10(6-13)8-2-4-9(12)5-3-8;/h2-5,7,10H,6,13H2,1H3,(H,14,15);1H/t7?,10-;/m1./s1. The van der Waals surface area contributed by atoms with Gasteiger partial charge in [0.1, 0.15) is 0 Å². The largest absolute Gasteiger partial charge is 0.481 e. The molecule has 0 aliphatic carbocycles. The first-order valence-corrected chi connectivity index (χ1v) is 5.12. The molecule has 1 rings (SSSR count). The average molecular weight is 264 g/mol. The number of aliphatic carboxylic acids is 1. The van der Waals surface area contributed by atoms with E-state index in [0.717, 1.165) is 5.56 Å². The predicted octanol–water partition coefficient (Wildman–Crippen LogP) is 2.52. The zero-order valence-corrected chi connectivity index (χ0v) is 10.5. The van der Waals surface area contributed by atoms with Crippen LogP contribution in [-0.4, -0.2) is 17.6 Å². The summed E-state index contributed by atoms with van der Waals surface area (Å²) in [5.74, 6) is -1.49. The quantitative estimate of drug-likeness (QED) is 0.878. The summed E-state index contributed by atoms with van der Waals surface area (Å²) in [5.41, 5.74) is 6.50. The van der Waals surface area contributed by atoms with Crippen LogP contribution in [0.5, 0.6) is 0 Å². The van der Waals surface area contributed by atoms with Crippen LogP contribution in [0.15, 0.2) is 24.3 Å². The third-order valence-corrected chi connectivity index (χ3v) is 2.80. The fourth-order valence-corrected chi connectivity index (χ4v) is 1.64. The smallest absolute Gasteiger partial charge is 0.306 e. The highest BCUT2D eigenvalue weighted by Gasteiger charge is 2.23. The van der Waals surface area contributed by atoms with Gasteiger partial charge in [-0.05, 0) is 17.7 Å². The molecule has 1 aromatic rings. The second-order valence-electron chi connectivity index (χ2n) is 3.52. The molecule has 0 spiro atoms. The molecule has 1 aromatic carbocycles. The molecule has 0 aromatic heterocycles. The Bertz CT molecular complexity index is 340. The van der Waals surface area contributed by atoms with Crippen molar-refractivity contribution in [3.63, 3.8) is 0 Å². The second-order valence-corrected chi connectivity index (χ2v) is 3.96. The Hall–Kier alpha value is -0.770. The van der Waals surface area contributed by atoms with E-state index in [-0.39, 0.29) is 18.3 Å². The van der Waals surface area contributed by atoms with Gasteiger partial charge in [0.25, 0.3) is 0 Å². The van der Waals surface area contributed by atoms with Gasteiger partial charge in [0, 0.05) is 17.5 Å². The molecule has 0 aliphatic rings. The Morgan fingerprint density at radius 1 is 1.44 bits per heavy atom. The number of benzene rings is 1. The van der Waals surface area contributed by atoms with Crippen molar-refractivity contribution in [2.45, 2.75) is 12.8 Å². The summed E-state index contributed by atoms with van der Waals surface area (Å²) >= 11 is 5.75. The molecule has 3 N–H and O–H groups in total. The van der Waals surface area contributed by atoms with Crippen molar-refractivity contribution in [1.29, 1.82) is 0 Å². The van der Waals surface area contributed by atoms with Crippen LogP contribution in [0.2, 0.25) is 5.02 Å². The maximum absolute atomic E-state index is 10.9. The molecule has 2 atom stereocenters. The highest BCUT2D eigenvalue weighted by Crippen LogP contribution is 2.25. The van der Waals surface area contributed by atoms with Gasteiger partial charge in [-0.15, -0.1) is 12.4 Å². The SMILES string of the molecule is CC(C(=O)O)[C@@H](CN)c1ccc(Cl)cc1.Cl. The monoisotopic (exact) mass is 263 g/mol. The summed E-state index contributed by atoms with van der Waals surface area (Å²) in [6, 6.07) is 7.13. The Morgan fingerprint density at radius 3 is 2.31 bits per heavy atom. The van der Waals surface area contributed by atoms with Crippen LogP contribution < -0.4 is 5.73 Å². The van der Waals surface area contributed by atoms with E-state index in [2.05, 4.69) is 0 Å². The van der Waals surface area contributed by atoms with E-state index in [4.69, 9.17) is 22.4 Å². The van der Waals surface area contributed by atoms with Crippen molar-refractivity contribution in [3.8, 4) is 0 Å². The van der Waals surface area contributed by atoms with E-state index >= 15 is 0 Å². The van der Waals surface area contributed by atoms with Gasteiger partial charge in [-0.25, -0.2) is 0 Å². The summed E-state index contributed by atoms with van der Waals surface area (Å²) in [6.07, 6.45) is 0. The minimum Gasteiger partial charge on any atom is -0.481 e. The summed E-state index contributed by atoms with van der Waals surface area (Å²) in [6.45, 7) is 1.98. The molecular weight excluding hydrogens is 249 g/mol. The minimum absolute atomic E-state index is 0. The van der Waals surface area contributed by atoms with Gasteiger partial charge < -0.3 is 10.8 Å². The molecule has 0 radical (unpaired) electrons. The van der Waals surface area contributed by atoms with Crippen molar-refractivity contribution in [1.82, 2.24) is 0 Å². The molecule has 0 fully saturated rings. The lowest BCUT2D eigenvalue weighted by Gasteiger charge is -2.19. The van der Waals surface area contributed by atoms with Gasteiger partial charge in [-0.1, -0.05) is 30.7 Å². The Labute approximate surface area is 106 Å². The Kier molecular flexibility index (Phi) is 6.41. The van der Waals surface area contributed by atoms with Crippen molar-refractivity contribution in [2.75, 3.05) is 6.54 Å². The number of halogens is 2. The lowest BCUT2D eigenvalue weighted by molar-refractivity contribution is -0.141. The molecule has 0 amide bonds. The molecule has 1 unspecified atom stereocenters. The van der Waals surface area contributed by atoms with Crippen LogP contribution in [0.3, 0.4) is 0 Å². The first-order chi connectivity index (χ1) is 7.06. The lowest BCUT2D eigenvalue weighted by Crippen LogP contribution is -2.25. The minimum atomic E-state index is -0.833. The molecule has 0 aliphatic heterocycles. The average Bonchev–Trinajstić information content (AvgIpc) is 2.21. The van der Waals surface area contributed by atoms with Crippen LogP contribution >= 0.6 is 24.0 Å². The van der Waals surface area contributed by atoms with Crippen molar-refractivity contribution in [3.05, 3.63) is 34.9 Å². The first-order valence-electron chi connectivity index (χ1n) is 4.74. The highest BCUT2D eigenvalue weighted by molar-refractivity contribution is 6.30. The molecule has 5 heteroatoms. The van der Waals surface area contributed by atoms with Gasteiger partial charge in [-0.3, -0.25) is 4.79 Å². The van der Waals surface area contributed by atoms with E-state index in [9.17, 15) is 4.79 Å². The van der Waals surface area contributed by atoms with Crippen molar-refractivity contribution in [2.24, 2.45) is 11.7 Å². The van der Waals surface area contributed by atoms with Gasteiger partial charge >= 0.3 is 5.97 Å². The maximum atomic E-state index is 10.9. The molecule has 0 saturated carbocycles. The van der Waals surface area contributed by atoms with Gasteiger partial charge in [0.15, 0.2) is 0 Å². The number of carboxylic acids is 1. The topological polar surface area (TPSA) is 63.3 Å². The fourth-order valence-electron chi connectivity index (χ4n) is 1.51. The van der Waals surface area contributed by atoms with Crippen LogP contribution in [0.1, 0.15) is 18.4 Å². The molecule has 90 valence electrons. The highest BCUT2D eigenvalue weighted by atomic mass is 35.5. The second kappa shape index (κ2) is 6.74. The summed E-state index contributed by atoms with van der Waals surface area (Å²) in [5, 5.41) is 9.55. The number of carbonyl (C=O) groups is 1. The van der Waals surface area contributed by atoms with Crippen LogP contribution in [0.4, 0.5) is 0 Å². The fraction of sp³-hybridized carbons (Fsp3) is 0.364. The number of nitrogens with two attached hydrogens (primary N) is 1. The van der Waals surface area contributed by atoms with E-state index < -0.39 is 11.9 Å². The molecule has 3 nitrogen and oxygen atoms in total. The first kappa shape index (κ1) is 15.2. The third-order valence-electron chi connectivity index (χ3n) is 2.55. The maximum Gasteiger partial charge on any atom is 0.306 e. The predicted molar refractivity (Wildman–Crippen MR) is 67.3 cm³/mol. The molecule has 16 heavy (non-hydrogen) atoms. The normalized spacial score (nSPS) is 13.7. The van der Waals surface area contributed by atoms with Gasteiger partial charge in [0.05, 0.1) is 5.92 Å². The summed E-state index contributed by atoms with van der Waals surface area (Å²) < 4.78 is 0. The zero-order valence-electron chi connectivity index (χ0n) is 8.89. The van der Waals surface area contributed by atoms with Crippen LogP contribution in [-0.2, 0) is 4.79 Å². The van der Waals surface area contributed by atoms with E-state index in [0.29, 0.717) is 11.6 Å². The molecular formula is C11H15Cl2NO2. The summed E-state index contributed by atoms with van der Waals surface area (Å²) in [7, 11) is 0. The lowest BCUT2D eigenvalue weighted by atomic mass is 9.87. The number of hydrogen-bond donors (Lipinski definition) is 2. The van der Waals surface area contributed by atoms with E-state index in [1.54, 1.807) is 19.1 Å². The number of rotatable bonds is 4.